The molecule has 0 aliphatic carbocycles. The minimum atomic E-state index is -0.410. The number of carbonyl (C=O) groups excluding carboxylic acids is 1. The SMILES string of the molecule is COc1ccc(OC)c(CNC(=O)N2CC[C@@H](O)C2)c1. The zero-order valence-corrected chi connectivity index (χ0v) is 11.8. The number of hydrogen-bond acceptors (Lipinski definition) is 4. The Bertz CT molecular complexity index is 478. The van der Waals surface area contributed by atoms with Crippen LogP contribution in [0.15, 0.2) is 18.2 Å². The first-order valence-corrected chi connectivity index (χ1v) is 6.55. The van der Waals surface area contributed by atoms with Crippen molar-refractivity contribution >= 4 is 6.03 Å². The van der Waals surface area contributed by atoms with Gasteiger partial charge in [0, 0.05) is 25.2 Å². The van der Waals surface area contributed by atoms with Gasteiger partial charge in [-0.15, -0.1) is 0 Å². The van der Waals surface area contributed by atoms with Crippen molar-refractivity contribution < 1.29 is 19.4 Å². The normalized spacial score (nSPS) is 17.9. The van der Waals surface area contributed by atoms with E-state index in [9.17, 15) is 9.90 Å². The third-order valence-corrected chi connectivity index (χ3v) is 3.37. The average Bonchev–Trinajstić information content (AvgIpc) is 2.91. The molecule has 1 aromatic rings. The van der Waals surface area contributed by atoms with E-state index in [1.165, 1.54) is 0 Å². The van der Waals surface area contributed by atoms with Gasteiger partial charge in [0.1, 0.15) is 11.5 Å². The summed E-state index contributed by atoms with van der Waals surface area (Å²) in [6.45, 7) is 1.33. The van der Waals surface area contributed by atoms with Crippen LogP contribution in [-0.2, 0) is 6.54 Å². The van der Waals surface area contributed by atoms with Gasteiger partial charge in [0.15, 0.2) is 0 Å². The molecule has 0 saturated carbocycles. The van der Waals surface area contributed by atoms with Crippen LogP contribution in [0.25, 0.3) is 0 Å². The molecule has 6 heteroatoms. The maximum atomic E-state index is 11.9. The summed E-state index contributed by atoms with van der Waals surface area (Å²) < 4.78 is 10.4. The maximum Gasteiger partial charge on any atom is 0.317 e. The number of nitrogens with zero attached hydrogens (tertiary/aromatic N) is 1. The van der Waals surface area contributed by atoms with Crippen molar-refractivity contribution in [3.8, 4) is 11.5 Å². The van der Waals surface area contributed by atoms with Crippen molar-refractivity contribution in [3.63, 3.8) is 0 Å². The monoisotopic (exact) mass is 280 g/mol. The Kier molecular flexibility index (Phi) is 4.68. The lowest BCUT2D eigenvalue weighted by molar-refractivity contribution is 0.171. The van der Waals surface area contributed by atoms with Gasteiger partial charge in [-0.2, -0.15) is 0 Å². The van der Waals surface area contributed by atoms with Crippen molar-refractivity contribution in [1.29, 1.82) is 0 Å². The largest absolute Gasteiger partial charge is 0.497 e. The number of methoxy groups -OCH3 is 2. The van der Waals surface area contributed by atoms with Crippen molar-refractivity contribution in [2.75, 3.05) is 27.3 Å². The topological polar surface area (TPSA) is 71.0 Å². The molecule has 0 spiro atoms. The molecule has 1 fully saturated rings. The Hall–Kier alpha value is -1.95. The molecule has 6 nitrogen and oxygen atoms in total. The molecule has 2 amide bonds. The fourth-order valence-electron chi connectivity index (χ4n) is 2.23. The number of aliphatic hydroxyl groups excluding tert-OH is 1. The number of ether oxygens (including phenoxy) is 2. The van der Waals surface area contributed by atoms with Crippen molar-refractivity contribution in [2.45, 2.75) is 19.1 Å². The standard InChI is InChI=1S/C14H20N2O4/c1-19-12-3-4-13(20-2)10(7-12)8-15-14(18)16-6-5-11(17)9-16/h3-4,7,11,17H,5-6,8-9H2,1-2H3,(H,15,18)/t11-/m1/s1. The molecule has 1 heterocycles. The minimum Gasteiger partial charge on any atom is -0.497 e. The van der Waals surface area contributed by atoms with E-state index in [0.717, 1.165) is 5.56 Å². The summed E-state index contributed by atoms with van der Waals surface area (Å²) in [6.07, 6.45) is 0.225. The number of nitrogens with one attached hydrogen (secondary N) is 1. The highest BCUT2D eigenvalue weighted by atomic mass is 16.5. The van der Waals surface area contributed by atoms with Gasteiger partial charge in [-0.05, 0) is 24.6 Å². The molecule has 2 N–H and O–H groups in total. The second-order valence-corrected chi connectivity index (χ2v) is 4.72. The third kappa shape index (κ3) is 3.33. The van der Waals surface area contributed by atoms with Gasteiger partial charge in [0.2, 0.25) is 0 Å². The predicted octanol–water partition coefficient (Wildman–Crippen LogP) is 0.980. The summed E-state index contributed by atoms with van der Waals surface area (Å²) >= 11 is 0. The first-order chi connectivity index (χ1) is 9.63. The van der Waals surface area contributed by atoms with Crippen LogP contribution in [0.4, 0.5) is 4.79 Å². The molecule has 110 valence electrons. The molecule has 0 unspecified atom stereocenters. The Morgan fingerprint density at radius 2 is 2.25 bits per heavy atom. The van der Waals surface area contributed by atoms with Crippen molar-refractivity contribution in [2.24, 2.45) is 0 Å². The van der Waals surface area contributed by atoms with Gasteiger partial charge in [-0.3, -0.25) is 0 Å². The van der Waals surface area contributed by atoms with E-state index < -0.39 is 6.10 Å². The van der Waals surface area contributed by atoms with Crippen LogP contribution >= 0.6 is 0 Å². The van der Waals surface area contributed by atoms with E-state index in [1.54, 1.807) is 31.3 Å². The Morgan fingerprint density at radius 3 is 2.85 bits per heavy atom. The van der Waals surface area contributed by atoms with Crippen molar-refractivity contribution in [1.82, 2.24) is 10.2 Å². The summed E-state index contributed by atoms with van der Waals surface area (Å²) in [6, 6.07) is 5.27. The van der Waals surface area contributed by atoms with Crippen LogP contribution in [0.5, 0.6) is 11.5 Å². The molecule has 1 saturated heterocycles. The Morgan fingerprint density at radius 1 is 1.45 bits per heavy atom. The number of β-amino-alcohol motifs (C(OH)–C–C–N with tert-alkyl or cyclic N) is 1. The highest BCUT2D eigenvalue weighted by Gasteiger charge is 2.24. The van der Waals surface area contributed by atoms with E-state index in [2.05, 4.69) is 5.32 Å². The van der Waals surface area contributed by atoms with E-state index in [-0.39, 0.29) is 6.03 Å². The smallest absolute Gasteiger partial charge is 0.317 e. The zero-order valence-electron chi connectivity index (χ0n) is 11.8. The Labute approximate surface area is 118 Å². The summed E-state index contributed by atoms with van der Waals surface area (Å²) in [5, 5.41) is 12.3. The summed E-state index contributed by atoms with van der Waals surface area (Å²) in [4.78, 5) is 13.6. The number of benzene rings is 1. The van der Waals surface area contributed by atoms with Crippen LogP contribution in [0.3, 0.4) is 0 Å². The number of rotatable bonds is 4. The van der Waals surface area contributed by atoms with Gasteiger partial charge in [-0.1, -0.05) is 0 Å². The van der Waals surface area contributed by atoms with Gasteiger partial charge < -0.3 is 24.8 Å². The molecule has 1 aliphatic rings. The molecule has 1 aliphatic heterocycles. The van der Waals surface area contributed by atoms with Gasteiger partial charge in [0.25, 0.3) is 0 Å². The van der Waals surface area contributed by atoms with E-state index in [4.69, 9.17) is 9.47 Å². The average molecular weight is 280 g/mol. The number of amides is 2. The fourth-order valence-corrected chi connectivity index (χ4v) is 2.23. The second-order valence-electron chi connectivity index (χ2n) is 4.72. The number of hydrogen-bond donors (Lipinski definition) is 2. The quantitative estimate of drug-likeness (QED) is 0.862. The van der Waals surface area contributed by atoms with E-state index in [1.807, 2.05) is 6.07 Å². The predicted molar refractivity (Wildman–Crippen MR) is 74.0 cm³/mol. The number of urea groups is 1. The van der Waals surface area contributed by atoms with Crippen LogP contribution in [0, 0.1) is 0 Å². The van der Waals surface area contributed by atoms with Crippen LogP contribution < -0.4 is 14.8 Å². The molecule has 0 aromatic heterocycles. The lowest BCUT2D eigenvalue weighted by Crippen LogP contribution is -2.38. The van der Waals surface area contributed by atoms with Crippen molar-refractivity contribution in [3.05, 3.63) is 23.8 Å². The van der Waals surface area contributed by atoms with E-state index in [0.29, 0.717) is 37.6 Å². The number of likely N-dealkylation sites (tertiary alicyclic amines) is 1. The molecular weight excluding hydrogens is 260 g/mol. The first-order valence-electron chi connectivity index (χ1n) is 6.55. The van der Waals surface area contributed by atoms with Gasteiger partial charge in [-0.25, -0.2) is 4.79 Å². The minimum absolute atomic E-state index is 0.175. The lowest BCUT2D eigenvalue weighted by atomic mass is 10.2. The highest BCUT2D eigenvalue weighted by Crippen LogP contribution is 2.23. The molecule has 2 rings (SSSR count). The highest BCUT2D eigenvalue weighted by molar-refractivity contribution is 5.74. The number of carbonyl (C=O) groups is 1. The lowest BCUT2D eigenvalue weighted by Gasteiger charge is -2.17. The molecule has 1 atom stereocenters. The first kappa shape index (κ1) is 14.5. The van der Waals surface area contributed by atoms with Crippen LogP contribution in [-0.4, -0.2) is 49.5 Å². The molecule has 1 aromatic carbocycles. The third-order valence-electron chi connectivity index (χ3n) is 3.37. The summed E-state index contributed by atoms with van der Waals surface area (Å²) in [7, 11) is 3.18. The second kappa shape index (κ2) is 6.47. The molecule has 20 heavy (non-hydrogen) atoms. The summed E-state index contributed by atoms with van der Waals surface area (Å²) in [5.41, 5.74) is 0.847. The molecule has 0 bridgehead atoms. The van der Waals surface area contributed by atoms with E-state index >= 15 is 0 Å². The van der Waals surface area contributed by atoms with Gasteiger partial charge in [0.05, 0.1) is 20.3 Å². The summed E-state index contributed by atoms with van der Waals surface area (Å²) in [5.74, 6) is 1.42. The molecular formula is C14H20N2O4. The maximum absolute atomic E-state index is 11.9. The Balaban J connectivity index is 1.97. The molecule has 0 radical (unpaired) electrons. The van der Waals surface area contributed by atoms with Crippen LogP contribution in [0.2, 0.25) is 0 Å². The zero-order chi connectivity index (χ0) is 14.5. The van der Waals surface area contributed by atoms with Gasteiger partial charge >= 0.3 is 6.03 Å². The fraction of sp³-hybridized carbons (Fsp3) is 0.500. The number of aliphatic hydroxyl groups is 1. The van der Waals surface area contributed by atoms with Crippen LogP contribution in [0.1, 0.15) is 12.0 Å².